The van der Waals surface area contributed by atoms with E-state index < -0.39 is 5.60 Å². The second-order valence-corrected chi connectivity index (χ2v) is 6.34. The lowest BCUT2D eigenvalue weighted by Gasteiger charge is -2.21. The van der Waals surface area contributed by atoms with Gasteiger partial charge in [0.15, 0.2) is 0 Å². The maximum absolute atomic E-state index is 5.93. The molecule has 0 unspecified atom stereocenters. The highest BCUT2D eigenvalue weighted by atomic mass is 35.5. The van der Waals surface area contributed by atoms with Crippen LogP contribution in [0.25, 0.3) is 0 Å². The van der Waals surface area contributed by atoms with Crippen molar-refractivity contribution in [1.82, 2.24) is 4.98 Å². The summed E-state index contributed by atoms with van der Waals surface area (Å²) in [7, 11) is 0. The van der Waals surface area contributed by atoms with Crippen LogP contribution in [0, 0.1) is 0 Å². The lowest BCUT2D eigenvalue weighted by atomic mass is 10.2. The molecule has 2 N–H and O–H groups in total. The molecule has 1 aromatic heterocycles. The Morgan fingerprint density at radius 2 is 1.67 bits per heavy atom. The van der Waals surface area contributed by atoms with Crippen LogP contribution >= 0.6 is 23.2 Å². The highest BCUT2D eigenvalue weighted by Gasteiger charge is 2.16. The smallest absolute Gasteiger partial charge is 0.241 e. The largest absolute Gasteiger partial charge is 0.470 e. The summed E-state index contributed by atoms with van der Waals surface area (Å²) < 4.78 is 11.3. The van der Waals surface area contributed by atoms with Crippen molar-refractivity contribution in [3.63, 3.8) is 0 Å². The first-order valence-electron chi connectivity index (χ1n) is 6.32. The van der Waals surface area contributed by atoms with E-state index >= 15 is 0 Å². The Morgan fingerprint density at radius 3 is 2.24 bits per heavy atom. The fourth-order valence-corrected chi connectivity index (χ4v) is 2.08. The first kappa shape index (κ1) is 15.7. The first-order valence-corrected chi connectivity index (χ1v) is 7.08. The molecule has 0 radical (unpaired) electrons. The fourth-order valence-electron chi connectivity index (χ4n) is 1.57. The average Bonchev–Trinajstić information content (AvgIpc) is 2.30. The van der Waals surface area contributed by atoms with Crippen molar-refractivity contribution < 1.29 is 9.47 Å². The van der Waals surface area contributed by atoms with E-state index in [1.54, 1.807) is 30.3 Å². The molecule has 21 heavy (non-hydrogen) atoms. The van der Waals surface area contributed by atoms with Gasteiger partial charge in [-0.1, -0.05) is 23.2 Å². The van der Waals surface area contributed by atoms with Gasteiger partial charge in [0.25, 0.3) is 0 Å². The van der Waals surface area contributed by atoms with Gasteiger partial charge in [-0.25, -0.2) is 0 Å². The third kappa shape index (κ3) is 4.69. The van der Waals surface area contributed by atoms with E-state index in [9.17, 15) is 0 Å². The summed E-state index contributed by atoms with van der Waals surface area (Å²) >= 11 is 11.9. The maximum atomic E-state index is 5.93. The Labute approximate surface area is 133 Å². The summed E-state index contributed by atoms with van der Waals surface area (Å²) in [4.78, 5) is 4.26. The number of nitrogen functional groups attached to an aromatic ring is 1. The van der Waals surface area contributed by atoms with E-state index in [0.29, 0.717) is 33.2 Å². The molecule has 0 saturated heterocycles. The SMILES string of the molecule is CC(C)(C)Oc1nc(Oc2cc(Cl)cc(Cl)c2)ccc1N. The maximum Gasteiger partial charge on any atom is 0.241 e. The third-order valence-corrected chi connectivity index (χ3v) is 2.76. The number of pyridine rings is 1. The minimum absolute atomic E-state index is 0.327. The van der Waals surface area contributed by atoms with Gasteiger partial charge in [-0.05, 0) is 45.0 Å². The zero-order valence-corrected chi connectivity index (χ0v) is 13.5. The van der Waals surface area contributed by atoms with Crippen LogP contribution in [0.4, 0.5) is 5.69 Å². The number of hydrogen-bond donors (Lipinski definition) is 1. The number of nitrogens with two attached hydrogens (primary N) is 1. The van der Waals surface area contributed by atoms with Crippen molar-refractivity contribution in [2.75, 3.05) is 5.73 Å². The van der Waals surface area contributed by atoms with Crippen LogP contribution in [-0.2, 0) is 0 Å². The standard InChI is InChI=1S/C15H16Cl2N2O2/c1-15(2,3)21-14-12(18)4-5-13(19-14)20-11-7-9(16)6-10(17)8-11/h4-8H,18H2,1-3H3. The molecule has 2 aromatic rings. The van der Waals surface area contributed by atoms with E-state index in [-0.39, 0.29) is 0 Å². The number of nitrogens with zero attached hydrogens (tertiary/aromatic N) is 1. The van der Waals surface area contributed by atoms with E-state index in [4.69, 9.17) is 38.4 Å². The molecular formula is C15H16Cl2N2O2. The summed E-state index contributed by atoms with van der Waals surface area (Å²) in [5.74, 6) is 1.17. The molecule has 0 aliphatic carbocycles. The van der Waals surface area contributed by atoms with Crippen LogP contribution in [-0.4, -0.2) is 10.6 Å². The van der Waals surface area contributed by atoms with Crippen molar-refractivity contribution in [3.05, 3.63) is 40.4 Å². The molecule has 1 aromatic carbocycles. The molecule has 112 valence electrons. The monoisotopic (exact) mass is 326 g/mol. The molecular weight excluding hydrogens is 311 g/mol. The van der Waals surface area contributed by atoms with Gasteiger partial charge in [0.2, 0.25) is 11.8 Å². The van der Waals surface area contributed by atoms with Crippen molar-refractivity contribution in [2.24, 2.45) is 0 Å². The predicted octanol–water partition coefficient (Wildman–Crippen LogP) is 4.94. The van der Waals surface area contributed by atoms with Gasteiger partial charge in [0.05, 0.1) is 5.69 Å². The van der Waals surface area contributed by atoms with Crippen LogP contribution < -0.4 is 15.2 Å². The topological polar surface area (TPSA) is 57.4 Å². The number of ether oxygens (including phenoxy) is 2. The minimum Gasteiger partial charge on any atom is -0.470 e. The van der Waals surface area contributed by atoms with E-state index in [1.165, 1.54) is 0 Å². The highest BCUT2D eigenvalue weighted by molar-refractivity contribution is 6.34. The number of rotatable bonds is 3. The number of hydrogen-bond acceptors (Lipinski definition) is 4. The normalized spacial score (nSPS) is 11.3. The second-order valence-electron chi connectivity index (χ2n) is 5.47. The minimum atomic E-state index is -0.404. The van der Waals surface area contributed by atoms with Gasteiger partial charge < -0.3 is 15.2 Å². The first-order chi connectivity index (χ1) is 9.73. The van der Waals surface area contributed by atoms with E-state index in [1.807, 2.05) is 20.8 Å². The van der Waals surface area contributed by atoms with Gasteiger partial charge in [-0.2, -0.15) is 4.98 Å². The van der Waals surface area contributed by atoms with E-state index in [0.717, 1.165) is 0 Å². The molecule has 0 amide bonds. The molecule has 2 rings (SSSR count). The van der Waals surface area contributed by atoms with Crippen molar-refractivity contribution in [2.45, 2.75) is 26.4 Å². The average molecular weight is 327 g/mol. The number of benzene rings is 1. The summed E-state index contributed by atoms with van der Waals surface area (Å²) in [5, 5.41) is 0.971. The lowest BCUT2D eigenvalue weighted by molar-refractivity contribution is 0.124. The zero-order chi connectivity index (χ0) is 15.6. The molecule has 0 saturated carbocycles. The molecule has 1 heterocycles. The second kappa shape index (κ2) is 6.00. The molecule has 4 nitrogen and oxygen atoms in total. The summed E-state index contributed by atoms with van der Waals surface area (Å²) in [5.41, 5.74) is 5.90. The molecule has 0 fully saturated rings. The molecule has 0 spiro atoms. The number of anilines is 1. The third-order valence-electron chi connectivity index (χ3n) is 2.33. The van der Waals surface area contributed by atoms with Crippen molar-refractivity contribution in [1.29, 1.82) is 0 Å². The Bertz CT molecular complexity index is 634. The summed E-state index contributed by atoms with van der Waals surface area (Å²) in [6.07, 6.45) is 0. The van der Waals surface area contributed by atoms with Crippen LogP contribution in [0.1, 0.15) is 20.8 Å². The van der Waals surface area contributed by atoms with E-state index in [2.05, 4.69) is 4.98 Å². The van der Waals surface area contributed by atoms with Crippen LogP contribution in [0.5, 0.6) is 17.5 Å². The Balaban J connectivity index is 2.26. The summed E-state index contributed by atoms with van der Waals surface area (Å²) in [6.45, 7) is 5.75. The molecule has 0 bridgehead atoms. The number of aromatic nitrogens is 1. The quantitative estimate of drug-likeness (QED) is 0.867. The van der Waals surface area contributed by atoms with Crippen LogP contribution in [0.15, 0.2) is 30.3 Å². The van der Waals surface area contributed by atoms with Crippen LogP contribution in [0.2, 0.25) is 10.0 Å². The predicted molar refractivity (Wildman–Crippen MR) is 85.6 cm³/mol. The van der Waals surface area contributed by atoms with Gasteiger partial charge in [-0.3, -0.25) is 0 Å². The highest BCUT2D eigenvalue weighted by Crippen LogP contribution is 2.31. The molecule has 0 atom stereocenters. The Kier molecular flexibility index (Phi) is 4.49. The Hall–Kier alpha value is -1.65. The van der Waals surface area contributed by atoms with Gasteiger partial charge in [0, 0.05) is 16.1 Å². The molecule has 0 aliphatic rings. The lowest BCUT2D eigenvalue weighted by Crippen LogP contribution is -2.24. The molecule has 0 aliphatic heterocycles. The van der Waals surface area contributed by atoms with Gasteiger partial charge >= 0.3 is 0 Å². The van der Waals surface area contributed by atoms with Crippen LogP contribution in [0.3, 0.4) is 0 Å². The van der Waals surface area contributed by atoms with Gasteiger partial charge in [-0.15, -0.1) is 0 Å². The molecule has 6 heteroatoms. The van der Waals surface area contributed by atoms with Gasteiger partial charge in [0.1, 0.15) is 11.4 Å². The van der Waals surface area contributed by atoms with Crippen molar-refractivity contribution >= 4 is 28.9 Å². The Morgan fingerprint density at radius 1 is 1.05 bits per heavy atom. The zero-order valence-electron chi connectivity index (χ0n) is 12.0. The fraction of sp³-hybridized carbons (Fsp3) is 0.267. The summed E-state index contributed by atoms with van der Waals surface area (Å²) in [6, 6.07) is 8.25. The van der Waals surface area contributed by atoms with Crippen molar-refractivity contribution in [3.8, 4) is 17.5 Å². The number of halogens is 2.